The first-order valence-corrected chi connectivity index (χ1v) is 12.2. The summed E-state index contributed by atoms with van der Waals surface area (Å²) in [6.07, 6.45) is 1.25. The Balaban J connectivity index is 1.16. The smallest absolute Gasteiger partial charge is 0.421 e. The summed E-state index contributed by atoms with van der Waals surface area (Å²) in [5, 5.41) is 5.16. The van der Waals surface area contributed by atoms with Gasteiger partial charge in [-0.1, -0.05) is 42.5 Å². The molecule has 0 radical (unpaired) electrons. The number of hydrogen-bond donors (Lipinski definition) is 2. The van der Waals surface area contributed by atoms with E-state index in [4.69, 9.17) is 4.74 Å². The number of ketones is 1. The molecule has 2 heterocycles. The lowest BCUT2D eigenvalue weighted by atomic mass is 9.89. The first-order chi connectivity index (χ1) is 15.6. The molecule has 8 heteroatoms. The Hall–Kier alpha value is -2.01. The van der Waals surface area contributed by atoms with E-state index >= 15 is 0 Å². The van der Waals surface area contributed by atoms with E-state index < -0.39 is 6.09 Å². The zero-order valence-electron chi connectivity index (χ0n) is 18.0. The van der Waals surface area contributed by atoms with Gasteiger partial charge in [-0.05, 0) is 66.2 Å². The van der Waals surface area contributed by atoms with Crippen molar-refractivity contribution in [1.29, 1.82) is 0 Å². The molecule has 0 aromatic heterocycles. The van der Waals surface area contributed by atoms with Crippen LogP contribution < -0.4 is 10.7 Å². The van der Waals surface area contributed by atoms with Crippen LogP contribution in [0.3, 0.4) is 0 Å². The summed E-state index contributed by atoms with van der Waals surface area (Å²) in [6.45, 7) is 4.06. The largest absolute Gasteiger partial charge is 0.447 e. The van der Waals surface area contributed by atoms with Crippen LogP contribution in [-0.2, 0) is 4.74 Å². The number of ether oxygens (including phenoxy) is 1. The number of carbonyl (C=O) groups excluding carboxylic acids is 2. The molecule has 1 amide bonds. The van der Waals surface area contributed by atoms with E-state index in [9.17, 15) is 9.59 Å². The zero-order chi connectivity index (χ0) is 22.3. The second kappa shape index (κ2) is 11.2. The third-order valence-corrected chi connectivity index (χ3v) is 6.86. The minimum Gasteiger partial charge on any atom is -0.447 e. The second-order valence-electron chi connectivity index (χ2n) is 8.24. The third kappa shape index (κ3) is 6.06. The Labute approximate surface area is 202 Å². The predicted octanol–water partition coefficient (Wildman–Crippen LogP) is 3.43. The van der Waals surface area contributed by atoms with E-state index in [1.165, 1.54) is 0 Å². The van der Waals surface area contributed by atoms with Crippen molar-refractivity contribution in [1.82, 2.24) is 20.7 Å². The molecule has 0 aliphatic carbocycles. The summed E-state index contributed by atoms with van der Waals surface area (Å²) in [4.78, 5) is 27.2. The molecular weight excluding hydrogens is 519 g/mol. The molecule has 2 fully saturated rings. The van der Waals surface area contributed by atoms with Crippen LogP contribution >= 0.6 is 22.6 Å². The molecule has 0 saturated carbocycles. The highest BCUT2D eigenvalue weighted by atomic mass is 127. The number of nitrogens with zero attached hydrogens (tertiary/aromatic N) is 2. The molecule has 32 heavy (non-hydrogen) atoms. The van der Waals surface area contributed by atoms with Crippen molar-refractivity contribution < 1.29 is 14.3 Å². The average Bonchev–Trinajstić information content (AvgIpc) is 3.28. The number of nitrogens with one attached hydrogen (secondary N) is 2. The molecule has 2 aromatic carbocycles. The van der Waals surface area contributed by atoms with Crippen molar-refractivity contribution in [3.8, 4) is 0 Å². The fourth-order valence-electron chi connectivity index (χ4n) is 4.32. The molecule has 2 aliphatic heterocycles. The molecule has 2 saturated heterocycles. The van der Waals surface area contributed by atoms with Crippen molar-refractivity contribution >= 4 is 34.5 Å². The highest BCUT2D eigenvalue weighted by Gasteiger charge is 2.28. The summed E-state index contributed by atoms with van der Waals surface area (Å²) in [5.74, 6) is 0.317. The van der Waals surface area contributed by atoms with Gasteiger partial charge in [0.1, 0.15) is 6.61 Å². The quantitative estimate of drug-likeness (QED) is 0.408. The Kier molecular flexibility index (Phi) is 8.12. The number of Topliss-reactive ketones (excluding diaryl/α,β-unsaturated/α-hetero) is 1. The van der Waals surface area contributed by atoms with Gasteiger partial charge in [0.05, 0.1) is 12.7 Å². The van der Waals surface area contributed by atoms with Crippen molar-refractivity contribution in [3.05, 3.63) is 69.3 Å². The van der Waals surface area contributed by atoms with Gasteiger partial charge in [-0.15, -0.1) is 0 Å². The first kappa shape index (κ1) is 23.2. The van der Waals surface area contributed by atoms with E-state index in [2.05, 4.69) is 50.4 Å². The van der Waals surface area contributed by atoms with Crippen LogP contribution in [0.5, 0.6) is 0 Å². The summed E-state index contributed by atoms with van der Waals surface area (Å²) >= 11 is 2.25. The van der Waals surface area contributed by atoms with Gasteiger partial charge in [-0.25, -0.2) is 4.79 Å². The van der Waals surface area contributed by atoms with E-state index in [-0.39, 0.29) is 17.7 Å². The number of rotatable bonds is 7. The molecule has 2 aromatic rings. The van der Waals surface area contributed by atoms with Crippen molar-refractivity contribution in [2.45, 2.75) is 18.9 Å². The Morgan fingerprint density at radius 1 is 1.06 bits per heavy atom. The minimum absolute atomic E-state index is 0.0770. The molecule has 1 atom stereocenters. The maximum Gasteiger partial charge on any atom is 0.421 e. The number of halogens is 1. The lowest BCUT2D eigenvalue weighted by Crippen LogP contribution is -2.44. The molecular formula is C24H29IN4O3. The second-order valence-corrected chi connectivity index (χ2v) is 9.49. The summed E-state index contributed by atoms with van der Waals surface area (Å²) in [5.41, 5.74) is 4.81. The summed E-state index contributed by atoms with van der Waals surface area (Å²) in [7, 11) is 0. The van der Waals surface area contributed by atoms with Crippen LogP contribution in [0.25, 0.3) is 0 Å². The van der Waals surface area contributed by atoms with Gasteiger partial charge in [-0.2, -0.15) is 5.01 Å². The van der Waals surface area contributed by atoms with Crippen LogP contribution in [0.15, 0.2) is 54.6 Å². The Bertz CT molecular complexity index is 901. The van der Waals surface area contributed by atoms with Gasteiger partial charge < -0.3 is 10.1 Å². The van der Waals surface area contributed by atoms with E-state index in [1.807, 2.05) is 47.5 Å². The first-order valence-electron chi connectivity index (χ1n) is 11.1. The molecule has 1 unspecified atom stereocenters. The standard InChI is InChI=1S/C24H29IN4O3/c25-21-8-6-19(7-9-21)23(30)20-10-12-28(13-11-20)14-15-32-24(31)27-29-17-26-16-22(29)18-4-2-1-3-5-18/h1-9,20,22,26H,10-17H2,(H,27,31). The van der Waals surface area contributed by atoms with Crippen LogP contribution in [-0.4, -0.2) is 61.2 Å². The number of hydrogen-bond acceptors (Lipinski definition) is 6. The van der Waals surface area contributed by atoms with Gasteiger partial charge in [0.15, 0.2) is 5.78 Å². The Morgan fingerprint density at radius 2 is 1.78 bits per heavy atom. The van der Waals surface area contributed by atoms with Crippen molar-refractivity contribution in [3.63, 3.8) is 0 Å². The third-order valence-electron chi connectivity index (χ3n) is 6.14. The normalized spacial score (nSPS) is 20.2. The summed E-state index contributed by atoms with van der Waals surface area (Å²) < 4.78 is 6.55. The van der Waals surface area contributed by atoms with Crippen LogP contribution in [0, 0.1) is 9.49 Å². The fraction of sp³-hybridized carbons (Fsp3) is 0.417. The topological polar surface area (TPSA) is 73.9 Å². The van der Waals surface area contributed by atoms with Crippen molar-refractivity contribution in [2.75, 3.05) is 39.5 Å². The maximum absolute atomic E-state index is 12.7. The Morgan fingerprint density at radius 3 is 2.50 bits per heavy atom. The minimum atomic E-state index is -0.432. The van der Waals surface area contributed by atoms with Crippen LogP contribution in [0.2, 0.25) is 0 Å². The molecule has 4 rings (SSSR count). The number of hydrazine groups is 1. The number of benzene rings is 2. The summed E-state index contributed by atoms with van der Waals surface area (Å²) in [6, 6.07) is 18.0. The van der Waals surface area contributed by atoms with Crippen LogP contribution in [0.4, 0.5) is 4.79 Å². The fourth-order valence-corrected chi connectivity index (χ4v) is 4.68. The molecule has 7 nitrogen and oxygen atoms in total. The number of amides is 1. The number of carbonyl (C=O) groups is 2. The van der Waals surface area contributed by atoms with Gasteiger partial charge >= 0.3 is 6.09 Å². The van der Waals surface area contributed by atoms with E-state index in [1.54, 1.807) is 0 Å². The van der Waals surface area contributed by atoms with Gasteiger partial charge in [0, 0.05) is 28.1 Å². The van der Waals surface area contributed by atoms with Gasteiger partial charge in [0.2, 0.25) is 0 Å². The number of piperidine rings is 1. The van der Waals surface area contributed by atoms with E-state index in [0.29, 0.717) is 19.8 Å². The number of likely N-dealkylation sites (tertiary alicyclic amines) is 1. The van der Waals surface area contributed by atoms with Gasteiger partial charge in [-0.3, -0.25) is 15.1 Å². The lowest BCUT2D eigenvalue weighted by Gasteiger charge is -2.31. The molecule has 0 bridgehead atoms. The van der Waals surface area contributed by atoms with E-state index in [0.717, 1.165) is 47.2 Å². The average molecular weight is 548 g/mol. The molecule has 2 aliphatic rings. The lowest BCUT2D eigenvalue weighted by molar-refractivity contribution is 0.0753. The maximum atomic E-state index is 12.7. The zero-order valence-corrected chi connectivity index (χ0v) is 20.2. The SMILES string of the molecule is O=C(NN1CNCC1c1ccccc1)OCCN1CCC(C(=O)c2ccc(I)cc2)CC1. The molecule has 2 N–H and O–H groups in total. The van der Waals surface area contributed by atoms with Crippen molar-refractivity contribution in [2.24, 2.45) is 5.92 Å². The van der Waals surface area contributed by atoms with Gasteiger partial charge in [0.25, 0.3) is 0 Å². The molecule has 0 spiro atoms. The van der Waals surface area contributed by atoms with Crippen LogP contribution in [0.1, 0.15) is 34.8 Å². The molecule has 170 valence electrons. The predicted molar refractivity (Wildman–Crippen MR) is 131 cm³/mol. The monoisotopic (exact) mass is 548 g/mol. The highest BCUT2D eigenvalue weighted by Crippen LogP contribution is 2.23. The highest BCUT2D eigenvalue weighted by molar-refractivity contribution is 14.1.